The van der Waals surface area contributed by atoms with E-state index in [-0.39, 0.29) is 17.7 Å². The molecule has 0 aromatic heterocycles. The van der Waals surface area contributed by atoms with Crippen LogP contribution in [-0.4, -0.2) is 39.7 Å². The summed E-state index contributed by atoms with van der Waals surface area (Å²) in [6.07, 6.45) is 9.82. The van der Waals surface area contributed by atoms with E-state index in [1.807, 2.05) is 0 Å². The molecule has 5 heteroatoms. The maximum atomic E-state index is 12.9. The number of rotatable bonds is 2. The van der Waals surface area contributed by atoms with Gasteiger partial charge >= 0.3 is 6.03 Å². The number of urea groups is 1. The van der Waals surface area contributed by atoms with Gasteiger partial charge in [-0.3, -0.25) is 19.4 Å². The molecule has 120 valence electrons. The zero-order valence-corrected chi connectivity index (χ0v) is 13.1. The van der Waals surface area contributed by atoms with Crippen molar-refractivity contribution < 1.29 is 14.4 Å². The summed E-state index contributed by atoms with van der Waals surface area (Å²) in [5, 5.41) is 0. The van der Waals surface area contributed by atoms with E-state index in [0.717, 1.165) is 64.2 Å². The van der Waals surface area contributed by atoms with Crippen LogP contribution < -0.4 is 0 Å². The molecule has 1 aliphatic heterocycles. The fourth-order valence-electron chi connectivity index (χ4n) is 3.99. The van der Waals surface area contributed by atoms with Gasteiger partial charge in [0.25, 0.3) is 11.8 Å². The second-order valence-corrected chi connectivity index (χ2v) is 6.70. The van der Waals surface area contributed by atoms with Gasteiger partial charge in [0.15, 0.2) is 0 Å². The Kier molecular flexibility index (Phi) is 4.32. The fourth-order valence-corrected chi connectivity index (χ4v) is 3.99. The van der Waals surface area contributed by atoms with E-state index in [1.54, 1.807) is 0 Å². The Morgan fingerprint density at radius 3 is 1.41 bits per heavy atom. The summed E-state index contributed by atoms with van der Waals surface area (Å²) in [6, 6.07) is -0.532. The van der Waals surface area contributed by atoms with Gasteiger partial charge in [-0.2, -0.15) is 0 Å². The molecule has 0 N–H and O–H groups in total. The number of carbonyl (C=O) groups excluding carboxylic acids is 3. The number of barbiturate groups is 1. The van der Waals surface area contributed by atoms with Crippen molar-refractivity contribution in [2.45, 2.75) is 76.3 Å². The molecule has 2 saturated carbocycles. The fraction of sp³-hybridized carbons (Fsp3) is 0.706. The normalized spacial score (nSPS) is 26.0. The third-order valence-corrected chi connectivity index (χ3v) is 5.25. The molecule has 0 spiro atoms. The lowest BCUT2D eigenvalue weighted by Gasteiger charge is -2.43. The van der Waals surface area contributed by atoms with Crippen molar-refractivity contribution in [2.24, 2.45) is 0 Å². The molecule has 0 aromatic rings. The molecule has 1 saturated heterocycles. The number of hydrogen-bond acceptors (Lipinski definition) is 3. The van der Waals surface area contributed by atoms with E-state index in [4.69, 9.17) is 0 Å². The van der Waals surface area contributed by atoms with Gasteiger partial charge in [-0.15, -0.1) is 0 Å². The predicted octanol–water partition coefficient (Wildman–Crippen LogP) is 3.00. The minimum atomic E-state index is -0.478. The zero-order valence-electron chi connectivity index (χ0n) is 13.1. The van der Waals surface area contributed by atoms with Crippen LogP contribution in [0.4, 0.5) is 4.79 Å². The number of hydrogen-bond donors (Lipinski definition) is 0. The summed E-state index contributed by atoms with van der Waals surface area (Å²) in [7, 11) is 0. The number of nitrogens with zero attached hydrogens (tertiary/aromatic N) is 2. The van der Waals surface area contributed by atoms with Crippen LogP contribution in [0.25, 0.3) is 0 Å². The monoisotopic (exact) mass is 304 g/mol. The van der Waals surface area contributed by atoms with Gasteiger partial charge < -0.3 is 0 Å². The van der Waals surface area contributed by atoms with Gasteiger partial charge in [0, 0.05) is 12.1 Å². The third-order valence-electron chi connectivity index (χ3n) is 5.25. The first kappa shape index (κ1) is 15.3. The summed E-state index contributed by atoms with van der Waals surface area (Å²) in [5.74, 6) is -0.956. The van der Waals surface area contributed by atoms with Gasteiger partial charge in [-0.25, -0.2) is 4.79 Å². The Hall–Kier alpha value is -1.65. The molecular weight excluding hydrogens is 280 g/mol. The van der Waals surface area contributed by atoms with Crippen molar-refractivity contribution in [1.29, 1.82) is 0 Å². The van der Waals surface area contributed by atoms with Gasteiger partial charge in [0.1, 0.15) is 0 Å². The second kappa shape index (κ2) is 6.23. The highest BCUT2D eigenvalue weighted by atomic mass is 16.2. The first-order valence-electron chi connectivity index (χ1n) is 8.51. The van der Waals surface area contributed by atoms with Crippen LogP contribution in [0.5, 0.6) is 0 Å². The van der Waals surface area contributed by atoms with Crippen molar-refractivity contribution in [1.82, 2.24) is 9.80 Å². The van der Waals surface area contributed by atoms with Crippen LogP contribution >= 0.6 is 0 Å². The molecule has 0 unspecified atom stereocenters. The van der Waals surface area contributed by atoms with E-state index in [1.165, 1.54) is 9.80 Å². The highest BCUT2D eigenvalue weighted by molar-refractivity contribution is 6.28. The smallest absolute Gasteiger partial charge is 0.268 e. The van der Waals surface area contributed by atoms with Crippen molar-refractivity contribution in [3.8, 4) is 0 Å². The molecule has 3 aliphatic rings. The number of amides is 4. The summed E-state index contributed by atoms with van der Waals surface area (Å²) >= 11 is 0. The van der Waals surface area contributed by atoms with Crippen LogP contribution in [-0.2, 0) is 9.59 Å². The first-order valence-corrected chi connectivity index (χ1v) is 8.51. The Labute approximate surface area is 131 Å². The standard InChI is InChI=1S/C17H24N2O3/c1-12-15(20)18(13-8-4-2-5-9-13)17(22)19(16(12)21)14-10-6-3-7-11-14/h13-14H,1-11H2. The van der Waals surface area contributed by atoms with E-state index in [9.17, 15) is 14.4 Å². The first-order chi connectivity index (χ1) is 10.6. The Bertz CT molecular complexity index is 460. The van der Waals surface area contributed by atoms with Gasteiger partial charge in [-0.1, -0.05) is 45.1 Å². The molecule has 22 heavy (non-hydrogen) atoms. The molecule has 0 atom stereocenters. The highest BCUT2D eigenvalue weighted by Crippen LogP contribution is 2.31. The summed E-state index contributed by atoms with van der Waals surface area (Å²) < 4.78 is 0. The van der Waals surface area contributed by atoms with E-state index < -0.39 is 17.8 Å². The molecular formula is C17H24N2O3. The molecule has 1 heterocycles. The van der Waals surface area contributed by atoms with Crippen molar-refractivity contribution in [3.05, 3.63) is 12.2 Å². The molecule has 3 rings (SSSR count). The maximum Gasteiger partial charge on any atom is 0.334 e. The average molecular weight is 304 g/mol. The second-order valence-electron chi connectivity index (χ2n) is 6.70. The van der Waals surface area contributed by atoms with Crippen LogP contribution in [0, 0.1) is 0 Å². The molecule has 0 radical (unpaired) electrons. The highest BCUT2D eigenvalue weighted by Gasteiger charge is 2.46. The summed E-state index contributed by atoms with van der Waals surface area (Å²) in [5.41, 5.74) is -0.0456. The minimum absolute atomic E-state index is 0.0456. The number of carbonyl (C=O) groups is 3. The third kappa shape index (κ3) is 2.57. The molecule has 4 amide bonds. The Morgan fingerprint density at radius 1 is 0.682 bits per heavy atom. The average Bonchev–Trinajstić information content (AvgIpc) is 2.55. The molecule has 3 fully saturated rings. The predicted molar refractivity (Wildman–Crippen MR) is 82.0 cm³/mol. The molecule has 2 aliphatic carbocycles. The molecule has 0 aromatic carbocycles. The lowest BCUT2D eigenvalue weighted by atomic mass is 9.91. The minimum Gasteiger partial charge on any atom is -0.268 e. The van der Waals surface area contributed by atoms with Gasteiger partial charge in [0.2, 0.25) is 0 Å². The molecule has 0 bridgehead atoms. The number of imide groups is 2. The van der Waals surface area contributed by atoms with Crippen LogP contribution in [0.3, 0.4) is 0 Å². The van der Waals surface area contributed by atoms with Gasteiger partial charge in [-0.05, 0) is 25.7 Å². The molecule has 5 nitrogen and oxygen atoms in total. The lowest BCUT2D eigenvalue weighted by molar-refractivity contribution is -0.139. The SMILES string of the molecule is C=C1C(=O)N(C2CCCCC2)C(=O)N(C2CCCCC2)C1=O. The van der Waals surface area contributed by atoms with Gasteiger partial charge in [0.05, 0.1) is 5.57 Å². The van der Waals surface area contributed by atoms with Crippen molar-refractivity contribution in [3.63, 3.8) is 0 Å². The quantitative estimate of drug-likeness (QED) is 0.582. The van der Waals surface area contributed by atoms with Crippen molar-refractivity contribution >= 4 is 17.8 Å². The van der Waals surface area contributed by atoms with Crippen molar-refractivity contribution in [2.75, 3.05) is 0 Å². The van der Waals surface area contributed by atoms with Crippen LogP contribution in [0.2, 0.25) is 0 Å². The Balaban J connectivity index is 1.86. The van der Waals surface area contributed by atoms with E-state index >= 15 is 0 Å². The Morgan fingerprint density at radius 2 is 1.05 bits per heavy atom. The zero-order chi connectivity index (χ0) is 15.7. The van der Waals surface area contributed by atoms with E-state index in [0.29, 0.717) is 0 Å². The van der Waals surface area contributed by atoms with E-state index in [2.05, 4.69) is 6.58 Å². The van der Waals surface area contributed by atoms with Crippen LogP contribution in [0.1, 0.15) is 64.2 Å². The lowest BCUT2D eigenvalue weighted by Crippen LogP contribution is -2.62. The summed E-state index contributed by atoms with van der Waals surface area (Å²) in [4.78, 5) is 40.4. The summed E-state index contributed by atoms with van der Waals surface area (Å²) in [6.45, 7) is 3.67. The maximum absolute atomic E-state index is 12.9. The largest absolute Gasteiger partial charge is 0.334 e. The van der Waals surface area contributed by atoms with Crippen LogP contribution in [0.15, 0.2) is 12.2 Å². The topological polar surface area (TPSA) is 57.7 Å².